The summed E-state index contributed by atoms with van der Waals surface area (Å²) in [5.74, 6) is 0.704. The minimum absolute atomic E-state index is 0.704. The Morgan fingerprint density at radius 2 is 1.43 bits per heavy atom. The molecule has 0 radical (unpaired) electrons. The molecule has 1 atom stereocenters. The van der Waals surface area contributed by atoms with E-state index >= 15 is 0 Å². The van der Waals surface area contributed by atoms with Crippen molar-refractivity contribution in [1.82, 2.24) is 0 Å². The van der Waals surface area contributed by atoms with Gasteiger partial charge in [0, 0.05) is 0 Å². The SMILES string of the molecule is CCC(C)c1ccc(C)cc1.CCc1ccc(C)c(C)c1. The Bertz CT molecular complexity index is 534. The van der Waals surface area contributed by atoms with Crippen molar-refractivity contribution in [2.75, 3.05) is 0 Å². The van der Waals surface area contributed by atoms with E-state index in [0.29, 0.717) is 5.92 Å². The standard InChI is InChI=1S/C11H16.C10H14/c1-4-10(3)11-7-5-9(2)6-8-11;1-4-10-6-5-8(2)9(3)7-10/h5-8,10H,4H2,1-3H3;5-7H,4H2,1-3H3. The number of hydrogen-bond donors (Lipinski definition) is 0. The lowest BCUT2D eigenvalue weighted by molar-refractivity contribution is 0.733. The predicted octanol–water partition coefficient (Wildman–Crippen LogP) is 6.37. The summed E-state index contributed by atoms with van der Waals surface area (Å²) >= 11 is 0. The first-order chi connectivity index (χ1) is 9.97. The van der Waals surface area contributed by atoms with Crippen LogP contribution in [0.5, 0.6) is 0 Å². The average molecular weight is 282 g/mol. The molecule has 0 heterocycles. The third-order valence-electron chi connectivity index (χ3n) is 4.24. The first-order valence-corrected chi connectivity index (χ1v) is 8.10. The van der Waals surface area contributed by atoms with Crippen molar-refractivity contribution < 1.29 is 0 Å². The van der Waals surface area contributed by atoms with Crippen molar-refractivity contribution in [2.45, 2.75) is 60.3 Å². The quantitative estimate of drug-likeness (QED) is 0.613. The molecule has 0 saturated carbocycles. The van der Waals surface area contributed by atoms with E-state index < -0.39 is 0 Å². The van der Waals surface area contributed by atoms with Gasteiger partial charge in [-0.3, -0.25) is 0 Å². The van der Waals surface area contributed by atoms with Gasteiger partial charge in [0.2, 0.25) is 0 Å². The monoisotopic (exact) mass is 282 g/mol. The number of rotatable bonds is 3. The van der Waals surface area contributed by atoms with Gasteiger partial charge >= 0.3 is 0 Å². The molecule has 2 rings (SSSR count). The zero-order valence-electron chi connectivity index (χ0n) is 14.5. The van der Waals surface area contributed by atoms with Crippen LogP contribution >= 0.6 is 0 Å². The van der Waals surface area contributed by atoms with E-state index in [1.807, 2.05) is 0 Å². The van der Waals surface area contributed by atoms with Gasteiger partial charge in [0.25, 0.3) is 0 Å². The predicted molar refractivity (Wildman–Crippen MR) is 95.2 cm³/mol. The van der Waals surface area contributed by atoms with Crippen LogP contribution in [0.3, 0.4) is 0 Å². The molecule has 0 heteroatoms. The van der Waals surface area contributed by atoms with Gasteiger partial charge in [-0.1, -0.05) is 68.8 Å². The fourth-order valence-electron chi connectivity index (χ4n) is 2.15. The molecule has 0 fully saturated rings. The van der Waals surface area contributed by atoms with Crippen LogP contribution in [0.25, 0.3) is 0 Å². The van der Waals surface area contributed by atoms with Crippen LogP contribution in [0.1, 0.15) is 60.9 Å². The lowest BCUT2D eigenvalue weighted by Gasteiger charge is -2.07. The average Bonchev–Trinajstić information content (AvgIpc) is 2.50. The minimum Gasteiger partial charge on any atom is -0.0648 e. The summed E-state index contributed by atoms with van der Waals surface area (Å²) in [5.41, 5.74) is 7.02. The Kier molecular flexibility index (Phi) is 7.22. The van der Waals surface area contributed by atoms with Gasteiger partial charge < -0.3 is 0 Å². The maximum atomic E-state index is 2.27. The molecule has 0 spiro atoms. The molecule has 0 amide bonds. The Morgan fingerprint density at radius 1 is 0.810 bits per heavy atom. The molecule has 0 aliphatic rings. The summed E-state index contributed by atoms with van der Waals surface area (Å²) in [7, 11) is 0. The summed E-state index contributed by atoms with van der Waals surface area (Å²) < 4.78 is 0. The first kappa shape index (κ1) is 17.5. The van der Waals surface area contributed by atoms with Crippen molar-refractivity contribution in [3.05, 3.63) is 70.3 Å². The van der Waals surface area contributed by atoms with E-state index in [9.17, 15) is 0 Å². The van der Waals surface area contributed by atoms with Crippen LogP contribution in [-0.4, -0.2) is 0 Å². The van der Waals surface area contributed by atoms with Gasteiger partial charge in [-0.15, -0.1) is 0 Å². The van der Waals surface area contributed by atoms with E-state index in [1.54, 1.807) is 0 Å². The van der Waals surface area contributed by atoms with Gasteiger partial charge in [-0.25, -0.2) is 0 Å². The van der Waals surface area contributed by atoms with Gasteiger partial charge in [0.05, 0.1) is 0 Å². The van der Waals surface area contributed by atoms with E-state index in [2.05, 4.69) is 84.0 Å². The van der Waals surface area contributed by atoms with Crippen molar-refractivity contribution in [2.24, 2.45) is 0 Å². The highest BCUT2D eigenvalue weighted by atomic mass is 14.1. The minimum atomic E-state index is 0.704. The number of benzene rings is 2. The van der Waals surface area contributed by atoms with Gasteiger partial charge in [-0.05, 0) is 61.8 Å². The molecular weight excluding hydrogens is 252 g/mol. The van der Waals surface area contributed by atoms with E-state index in [4.69, 9.17) is 0 Å². The summed E-state index contributed by atoms with van der Waals surface area (Å²) in [6, 6.07) is 15.5. The maximum Gasteiger partial charge on any atom is -0.0193 e. The highest BCUT2D eigenvalue weighted by Crippen LogP contribution is 2.18. The van der Waals surface area contributed by atoms with Crippen LogP contribution in [0, 0.1) is 20.8 Å². The summed E-state index contributed by atoms with van der Waals surface area (Å²) in [6.45, 7) is 13.1. The zero-order valence-corrected chi connectivity index (χ0v) is 14.5. The van der Waals surface area contributed by atoms with Crippen LogP contribution in [-0.2, 0) is 6.42 Å². The molecule has 0 N–H and O–H groups in total. The molecule has 0 aliphatic heterocycles. The molecule has 2 aromatic carbocycles. The molecule has 0 aromatic heterocycles. The van der Waals surface area contributed by atoms with E-state index in [1.165, 1.54) is 34.2 Å². The molecule has 0 aliphatic carbocycles. The van der Waals surface area contributed by atoms with Crippen LogP contribution in [0.4, 0.5) is 0 Å². The zero-order chi connectivity index (χ0) is 15.8. The second-order valence-electron chi connectivity index (χ2n) is 5.99. The normalized spacial score (nSPS) is 11.5. The molecule has 0 bridgehead atoms. The fraction of sp³-hybridized carbons (Fsp3) is 0.429. The molecule has 2 aromatic rings. The highest BCUT2D eigenvalue weighted by molar-refractivity contribution is 5.29. The van der Waals surface area contributed by atoms with Crippen LogP contribution < -0.4 is 0 Å². The number of hydrogen-bond acceptors (Lipinski definition) is 0. The molecule has 0 saturated heterocycles. The molecule has 114 valence electrons. The molecular formula is C21H30. The van der Waals surface area contributed by atoms with E-state index in [0.717, 1.165) is 6.42 Å². The summed E-state index contributed by atoms with van der Waals surface area (Å²) in [5, 5.41) is 0. The lowest BCUT2D eigenvalue weighted by atomic mass is 9.98. The molecule has 21 heavy (non-hydrogen) atoms. The molecule has 0 nitrogen and oxygen atoms in total. The summed E-state index contributed by atoms with van der Waals surface area (Å²) in [4.78, 5) is 0. The van der Waals surface area contributed by atoms with Crippen LogP contribution in [0.2, 0.25) is 0 Å². The maximum absolute atomic E-state index is 2.27. The van der Waals surface area contributed by atoms with Gasteiger partial charge in [0.15, 0.2) is 0 Å². The first-order valence-electron chi connectivity index (χ1n) is 8.10. The highest BCUT2D eigenvalue weighted by Gasteiger charge is 2.00. The largest absolute Gasteiger partial charge is 0.0648 e. The Balaban J connectivity index is 0.000000211. The van der Waals surface area contributed by atoms with Crippen LogP contribution in [0.15, 0.2) is 42.5 Å². The van der Waals surface area contributed by atoms with Gasteiger partial charge in [-0.2, -0.15) is 0 Å². The third kappa shape index (κ3) is 5.75. The summed E-state index contributed by atoms with van der Waals surface area (Å²) in [6.07, 6.45) is 2.37. The smallest absolute Gasteiger partial charge is 0.0193 e. The third-order valence-corrected chi connectivity index (χ3v) is 4.24. The number of aryl methyl sites for hydroxylation is 4. The van der Waals surface area contributed by atoms with Crippen molar-refractivity contribution in [3.63, 3.8) is 0 Å². The van der Waals surface area contributed by atoms with Gasteiger partial charge in [0.1, 0.15) is 0 Å². The fourth-order valence-corrected chi connectivity index (χ4v) is 2.15. The Hall–Kier alpha value is -1.56. The van der Waals surface area contributed by atoms with Crippen molar-refractivity contribution in [1.29, 1.82) is 0 Å². The Labute approximate surface area is 131 Å². The second kappa shape index (κ2) is 8.67. The van der Waals surface area contributed by atoms with Crippen molar-refractivity contribution in [3.8, 4) is 0 Å². The molecule has 1 unspecified atom stereocenters. The lowest BCUT2D eigenvalue weighted by Crippen LogP contribution is -1.89. The Morgan fingerprint density at radius 3 is 1.90 bits per heavy atom. The second-order valence-corrected chi connectivity index (χ2v) is 5.99. The van der Waals surface area contributed by atoms with Crippen molar-refractivity contribution >= 4 is 0 Å². The topological polar surface area (TPSA) is 0 Å². The van der Waals surface area contributed by atoms with E-state index in [-0.39, 0.29) is 0 Å².